The van der Waals surface area contributed by atoms with Gasteiger partial charge in [0.1, 0.15) is 0 Å². The molecule has 218 valence electrons. The SMILES string of the molecule is c1ccc2c(c1)sc1ccc(-c3c4ccccc4c(-c4ccc5sc6cc7sc8ccccc8c7cc6c5c4)c4ccccc34)cc12. The largest absolute Gasteiger partial charge is 0.135 e. The summed E-state index contributed by atoms with van der Waals surface area (Å²) in [6.45, 7) is 0. The van der Waals surface area contributed by atoms with Crippen LogP contribution in [-0.2, 0) is 0 Å². The molecule has 0 aliphatic rings. The lowest BCUT2D eigenvalue weighted by atomic mass is 9.85. The summed E-state index contributed by atoms with van der Waals surface area (Å²) in [4.78, 5) is 0. The summed E-state index contributed by atoms with van der Waals surface area (Å²) < 4.78 is 8.10. The molecule has 0 saturated carbocycles. The fourth-order valence-corrected chi connectivity index (χ4v) is 11.2. The van der Waals surface area contributed by atoms with Crippen molar-refractivity contribution < 1.29 is 0 Å². The third kappa shape index (κ3) is 3.73. The Balaban J connectivity index is 1.19. The second-order valence-corrected chi connectivity index (χ2v) is 15.7. The van der Waals surface area contributed by atoms with Gasteiger partial charge >= 0.3 is 0 Å². The molecule has 0 amide bonds. The van der Waals surface area contributed by atoms with Crippen LogP contribution in [0.25, 0.3) is 104 Å². The summed E-state index contributed by atoms with van der Waals surface area (Å²) in [5.41, 5.74) is 5.16. The predicted octanol–water partition coefficient (Wildman–Crippen LogP) is 14.4. The molecule has 0 nitrogen and oxygen atoms in total. The molecule has 0 saturated heterocycles. The van der Waals surface area contributed by atoms with Crippen LogP contribution in [0.1, 0.15) is 0 Å². The zero-order valence-corrected chi connectivity index (χ0v) is 27.5. The van der Waals surface area contributed by atoms with Crippen LogP contribution in [0, 0.1) is 0 Å². The number of hydrogen-bond acceptors (Lipinski definition) is 3. The Bertz CT molecular complexity index is 3020. The molecule has 0 spiro atoms. The molecular formula is C44H24S3. The second-order valence-electron chi connectivity index (χ2n) is 12.4. The van der Waals surface area contributed by atoms with Crippen molar-refractivity contribution >= 4 is 116 Å². The molecule has 11 rings (SSSR count). The summed E-state index contributed by atoms with van der Waals surface area (Å²) in [7, 11) is 0. The molecule has 0 aliphatic carbocycles. The Morgan fingerprint density at radius 2 is 0.574 bits per heavy atom. The molecular weight excluding hydrogens is 625 g/mol. The Morgan fingerprint density at radius 3 is 1.06 bits per heavy atom. The molecule has 0 aliphatic heterocycles. The van der Waals surface area contributed by atoms with E-state index in [1.54, 1.807) is 0 Å². The lowest BCUT2D eigenvalue weighted by Gasteiger charge is -2.18. The highest BCUT2D eigenvalue weighted by Crippen LogP contribution is 2.47. The van der Waals surface area contributed by atoms with Crippen molar-refractivity contribution in [1.29, 1.82) is 0 Å². The highest BCUT2D eigenvalue weighted by Gasteiger charge is 2.19. The number of rotatable bonds is 2. The molecule has 3 heteroatoms. The van der Waals surface area contributed by atoms with Crippen LogP contribution < -0.4 is 0 Å². The normalized spacial score (nSPS) is 12.3. The Morgan fingerprint density at radius 1 is 0.234 bits per heavy atom. The van der Waals surface area contributed by atoms with Gasteiger partial charge in [-0.1, -0.05) is 97.1 Å². The van der Waals surface area contributed by atoms with Gasteiger partial charge in [-0.2, -0.15) is 0 Å². The molecule has 0 atom stereocenters. The zero-order chi connectivity index (χ0) is 30.6. The van der Waals surface area contributed by atoms with Gasteiger partial charge in [-0.25, -0.2) is 0 Å². The first-order valence-corrected chi connectivity index (χ1v) is 18.4. The Hall–Kier alpha value is -5.06. The molecule has 47 heavy (non-hydrogen) atoms. The molecule has 0 N–H and O–H groups in total. The third-order valence-corrected chi connectivity index (χ3v) is 13.3. The monoisotopic (exact) mass is 648 g/mol. The van der Waals surface area contributed by atoms with E-state index in [0.717, 1.165) is 0 Å². The highest BCUT2D eigenvalue weighted by molar-refractivity contribution is 7.28. The first-order valence-electron chi connectivity index (χ1n) is 15.9. The molecule has 8 aromatic carbocycles. The number of hydrogen-bond donors (Lipinski definition) is 0. The summed E-state index contributed by atoms with van der Waals surface area (Å²) in [5, 5.41) is 13.2. The summed E-state index contributed by atoms with van der Waals surface area (Å²) in [6.07, 6.45) is 0. The molecule has 11 aromatic rings. The first-order chi connectivity index (χ1) is 23.3. The molecule has 0 radical (unpaired) electrons. The van der Waals surface area contributed by atoms with Gasteiger partial charge in [-0.05, 0) is 92.3 Å². The molecule has 3 heterocycles. The van der Waals surface area contributed by atoms with Crippen LogP contribution in [-0.4, -0.2) is 0 Å². The molecule has 0 bridgehead atoms. The fraction of sp³-hybridized carbons (Fsp3) is 0. The van der Waals surface area contributed by atoms with E-state index < -0.39 is 0 Å². The van der Waals surface area contributed by atoms with Gasteiger partial charge < -0.3 is 0 Å². The van der Waals surface area contributed by atoms with Crippen molar-refractivity contribution in [2.24, 2.45) is 0 Å². The topological polar surface area (TPSA) is 0 Å². The maximum absolute atomic E-state index is 2.45. The molecule has 3 aromatic heterocycles. The minimum Gasteiger partial charge on any atom is -0.135 e. The smallest absolute Gasteiger partial charge is 0.0369 e. The fourth-order valence-electron chi connectivity index (χ4n) is 7.78. The van der Waals surface area contributed by atoms with E-state index in [4.69, 9.17) is 0 Å². The van der Waals surface area contributed by atoms with E-state index in [0.29, 0.717) is 0 Å². The highest BCUT2D eigenvalue weighted by atomic mass is 32.1. The lowest BCUT2D eigenvalue weighted by Crippen LogP contribution is -1.90. The van der Waals surface area contributed by atoms with E-state index in [9.17, 15) is 0 Å². The van der Waals surface area contributed by atoms with Crippen LogP contribution in [0.2, 0.25) is 0 Å². The van der Waals surface area contributed by atoms with E-state index in [1.807, 2.05) is 34.0 Å². The average molecular weight is 649 g/mol. The maximum atomic E-state index is 2.45. The van der Waals surface area contributed by atoms with Crippen molar-refractivity contribution in [2.45, 2.75) is 0 Å². The first kappa shape index (κ1) is 26.1. The maximum Gasteiger partial charge on any atom is 0.0369 e. The van der Waals surface area contributed by atoms with E-state index in [2.05, 4.69) is 146 Å². The van der Waals surface area contributed by atoms with Gasteiger partial charge in [-0.3, -0.25) is 0 Å². The van der Waals surface area contributed by atoms with Crippen molar-refractivity contribution in [3.8, 4) is 22.3 Å². The van der Waals surface area contributed by atoms with Crippen molar-refractivity contribution in [1.82, 2.24) is 0 Å². The Labute approximate surface area is 282 Å². The number of fused-ring (bicyclic) bond motifs is 11. The predicted molar refractivity (Wildman–Crippen MR) is 211 cm³/mol. The average Bonchev–Trinajstić information content (AvgIpc) is 3.79. The zero-order valence-electron chi connectivity index (χ0n) is 25.1. The van der Waals surface area contributed by atoms with Crippen molar-refractivity contribution in [3.05, 3.63) is 146 Å². The van der Waals surface area contributed by atoms with E-state index in [-0.39, 0.29) is 0 Å². The van der Waals surface area contributed by atoms with Crippen LogP contribution >= 0.6 is 34.0 Å². The van der Waals surface area contributed by atoms with Gasteiger partial charge in [0.15, 0.2) is 0 Å². The van der Waals surface area contributed by atoms with Crippen LogP contribution in [0.5, 0.6) is 0 Å². The molecule has 0 fully saturated rings. The van der Waals surface area contributed by atoms with E-state index >= 15 is 0 Å². The van der Waals surface area contributed by atoms with Gasteiger partial charge in [0.05, 0.1) is 0 Å². The van der Waals surface area contributed by atoms with Crippen molar-refractivity contribution in [3.63, 3.8) is 0 Å². The van der Waals surface area contributed by atoms with Gasteiger partial charge in [0, 0.05) is 60.5 Å². The Kier molecular flexibility index (Phi) is 5.39. The standard InChI is InChI=1S/C44H24S3/c1-3-13-31-29(11-1)43(25-17-19-39-33(21-25)27-9-5-7-15-37(27)45-39)30-12-2-4-14-32(30)44(31)26-18-20-40-34(22-26)36-23-35-28-10-6-8-16-38(28)46-41(35)24-42(36)47-40/h1-24H. The quantitative estimate of drug-likeness (QED) is 0.164. The molecule has 0 unspecified atom stereocenters. The second kappa shape index (κ2) is 9.73. The number of thiophene rings is 3. The van der Waals surface area contributed by atoms with Gasteiger partial charge in [-0.15, -0.1) is 34.0 Å². The van der Waals surface area contributed by atoms with Crippen LogP contribution in [0.15, 0.2) is 146 Å². The minimum absolute atomic E-state index is 1.27. The summed E-state index contributed by atoms with van der Waals surface area (Å²) in [5.74, 6) is 0. The van der Waals surface area contributed by atoms with Gasteiger partial charge in [0.2, 0.25) is 0 Å². The van der Waals surface area contributed by atoms with E-state index in [1.165, 1.54) is 104 Å². The third-order valence-electron chi connectivity index (χ3n) is 9.85. The van der Waals surface area contributed by atoms with Gasteiger partial charge in [0.25, 0.3) is 0 Å². The lowest BCUT2D eigenvalue weighted by molar-refractivity contribution is 1.70. The summed E-state index contributed by atoms with van der Waals surface area (Å²) >= 11 is 5.68. The summed E-state index contributed by atoms with van der Waals surface area (Å²) in [6, 6.07) is 54.6. The van der Waals surface area contributed by atoms with Crippen LogP contribution in [0.3, 0.4) is 0 Å². The van der Waals surface area contributed by atoms with Crippen molar-refractivity contribution in [2.75, 3.05) is 0 Å². The van der Waals surface area contributed by atoms with Crippen LogP contribution in [0.4, 0.5) is 0 Å². The number of benzene rings is 8. The minimum atomic E-state index is 1.27.